The van der Waals surface area contributed by atoms with Gasteiger partial charge in [0, 0.05) is 24.5 Å². The molecule has 6 nitrogen and oxygen atoms in total. The number of hydrogen-bond acceptors (Lipinski definition) is 4. The molecular weight excluding hydrogens is 354 g/mol. The van der Waals surface area contributed by atoms with E-state index in [1.54, 1.807) is 30.6 Å². The number of benzene rings is 1. The maximum Gasteiger partial charge on any atom is 0.286 e. The Morgan fingerprint density at radius 3 is 2.82 bits per heavy atom. The Labute approximate surface area is 164 Å². The first kappa shape index (κ1) is 18.2. The van der Waals surface area contributed by atoms with E-state index in [4.69, 9.17) is 4.74 Å². The van der Waals surface area contributed by atoms with Gasteiger partial charge in [-0.2, -0.15) is 0 Å². The number of hydrogen-bond donors (Lipinski definition) is 2. The number of rotatable bonds is 4. The van der Waals surface area contributed by atoms with Crippen molar-refractivity contribution in [3.63, 3.8) is 0 Å². The highest BCUT2D eigenvalue weighted by atomic mass is 16.5. The molecule has 2 unspecified atom stereocenters. The van der Waals surface area contributed by atoms with Crippen molar-refractivity contribution in [3.05, 3.63) is 71.2 Å². The fourth-order valence-electron chi connectivity index (χ4n) is 3.63. The monoisotopic (exact) mass is 377 g/mol. The zero-order valence-corrected chi connectivity index (χ0v) is 15.6. The Bertz CT molecular complexity index is 878. The number of nitrogens with one attached hydrogen (secondary N) is 2. The molecule has 2 N–H and O–H groups in total. The van der Waals surface area contributed by atoms with Gasteiger partial charge < -0.3 is 15.4 Å². The first-order valence-electron chi connectivity index (χ1n) is 9.65. The molecule has 1 aromatic heterocycles. The first-order valence-corrected chi connectivity index (χ1v) is 9.65. The van der Waals surface area contributed by atoms with Crippen molar-refractivity contribution >= 4 is 17.9 Å². The maximum absolute atomic E-state index is 12.3. The number of carbonyl (C=O) groups excluding carboxylic acids is 2. The lowest BCUT2D eigenvalue weighted by atomic mass is 9.91. The number of pyridine rings is 1. The van der Waals surface area contributed by atoms with Crippen molar-refractivity contribution in [2.75, 3.05) is 0 Å². The fraction of sp³-hybridized carbons (Fsp3) is 0.318. The molecular formula is C22H23N3O3. The number of aromatic nitrogens is 1. The quantitative estimate of drug-likeness (QED) is 0.803. The molecule has 1 saturated carbocycles. The highest BCUT2D eigenvalue weighted by Crippen LogP contribution is 2.27. The number of ether oxygens (including phenoxy) is 1. The summed E-state index contributed by atoms with van der Waals surface area (Å²) in [7, 11) is 0. The molecule has 6 heteroatoms. The summed E-state index contributed by atoms with van der Waals surface area (Å²) in [6.07, 6.45) is 9.43. The molecule has 1 saturated heterocycles. The van der Waals surface area contributed by atoms with Crippen molar-refractivity contribution in [2.45, 2.75) is 44.4 Å². The van der Waals surface area contributed by atoms with Crippen LogP contribution in [0.5, 0.6) is 0 Å². The summed E-state index contributed by atoms with van der Waals surface area (Å²) in [5, 5.41) is 5.92. The third kappa shape index (κ3) is 4.22. The summed E-state index contributed by atoms with van der Waals surface area (Å²) >= 11 is 0. The van der Waals surface area contributed by atoms with Crippen LogP contribution in [-0.2, 0) is 16.1 Å². The molecule has 4 rings (SSSR count). The van der Waals surface area contributed by atoms with Gasteiger partial charge >= 0.3 is 0 Å². The number of fused-ring (bicyclic) bond motifs is 1. The first-order chi connectivity index (χ1) is 13.7. The van der Waals surface area contributed by atoms with Crippen molar-refractivity contribution in [1.29, 1.82) is 0 Å². The highest BCUT2D eigenvalue weighted by molar-refractivity contribution is 5.97. The molecule has 0 bridgehead atoms. The van der Waals surface area contributed by atoms with Crippen LogP contribution in [0.1, 0.15) is 47.2 Å². The van der Waals surface area contributed by atoms with E-state index in [1.165, 1.54) is 0 Å². The second-order valence-electron chi connectivity index (χ2n) is 7.20. The van der Waals surface area contributed by atoms with Crippen LogP contribution in [0.4, 0.5) is 0 Å². The van der Waals surface area contributed by atoms with Crippen LogP contribution >= 0.6 is 0 Å². The van der Waals surface area contributed by atoms with Crippen molar-refractivity contribution in [3.8, 4) is 0 Å². The van der Waals surface area contributed by atoms with Crippen LogP contribution < -0.4 is 10.6 Å². The van der Waals surface area contributed by atoms with Crippen LogP contribution in [0.2, 0.25) is 0 Å². The van der Waals surface area contributed by atoms with Gasteiger partial charge in [0.1, 0.15) is 6.10 Å². The second kappa shape index (κ2) is 8.25. The average molecular weight is 377 g/mol. The Morgan fingerprint density at radius 1 is 1.21 bits per heavy atom. The van der Waals surface area contributed by atoms with E-state index in [0.29, 0.717) is 17.9 Å². The predicted molar refractivity (Wildman–Crippen MR) is 105 cm³/mol. The van der Waals surface area contributed by atoms with Crippen LogP contribution in [0, 0.1) is 0 Å². The minimum atomic E-state index is -0.165. The molecule has 28 heavy (non-hydrogen) atoms. The Morgan fingerprint density at radius 2 is 2.04 bits per heavy atom. The van der Waals surface area contributed by atoms with Crippen molar-refractivity contribution < 1.29 is 14.3 Å². The molecule has 0 radical (unpaired) electrons. The van der Waals surface area contributed by atoms with E-state index in [0.717, 1.165) is 36.8 Å². The van der Waals surface area contributed by atoms with E-state index in [1.807, 2.05) is 24.3 Å². The zero-order valence-electron chi connectivity index (χ0n) is 15.6. The average Bonchev–Trinajstić information content (AvgIpc) is 2.74. The Balaban J connectivity index is 1.39. The van der Waals surface area contributed by atoms with Crippen molar-refractivity contribution in [2.24, 2.45) is 0 Å². The second-order valence-corrected chi connectivity index (χ2v) is 7.20. The molecule has 1 aromatic carbocycles. The smallest absolute Gasteiger partial charge is 0.286 e. The summed E-state index contributed by atoms with van der Waals surface area (Å²) in [6.45, 7) is 0.426. The van der Waals surface area contributed by atoms with Crippen molar-refractivity contribution in [1.82, 2.24) is 15.6 Å². The Hall–Kier alpha value is -3.15. The van der Waals surface area contributed by atoms with Gasteiger partial charge in [-0.05, 0) is 54.7 Å². The standard InChI is InChI=1S/C22H23N3O3/c26-21(24-14-16-4-3-11-23-13-16)17-9-7-15(8-10-17)12-20-22(27)25-18-5-1-2-6-19(18)28-20/h3-4,7-13,18-19H,1-2,5-6,14H2,(H,24,26)(H,25,27)/b20-12-. The van der Waals surface area contributed by atoms with Gasteiger partial charge in [-0.1, -0.05) is 24.6 Å². The molecule has 2 aromatic rings. The van der Waals surface area contributed by atoms with Crippen LogP contribution in [0.15, 0.2) is 54.6 Å². The predicted octanol–water partition coefficient (Wildman–Crippen LogP) is 2.81. The normalized spacial score (nSPS) is 22.7. The number of nitrogens with zero attached hydrogens (tertiary/aromatic N) is 1. The summed E-state index contributed by atoms with van der Waals surface area (Å²) < 4.78 is 5.94. The third-order valence-corrected chi connectivity index (χ3v) is 5.17. The van der Waals surface area contributed by atoms with E-state index in [2.05, 4.69) is 15.6 Å². The maximum atomic E-state index is 12.3. The van der Waals surface area contributed by atoms with Gasteiger partial charge in [0.25, 0.3) is 11.8 Å². The van der Waals surface area contributed by atoms with E-state index in [-0.39, 0.29) is 24.0 Å². The number of morpholine rings is 1. The lowest BCUT2D eigenvalue weighted by Gasteiger charge is -2.37. The van der Waals surface area contributed by atoms with E-state index in [9.17, 15) is 9.59 Å². The van der Waals surface area contributed by atoms with Gasteiger partial charge in [-0.3, -0.25) is 14.6 Å². The topological polar surface area (TPSA) is 80.3 Å². The summed E-state index contributed by atoms with van der Waals surface area (Å²) in [5.74, 6) is 0.0260. The van der Waals surface area contributed by atoms with Gasteiger partial charge in [0.2, 0.25) is 0 Å². The molecule has 2 amide bonds. The van der Waals surface area contributed by atoms with Crippen LogP contribution in [0.3, 0.4) is 0 Å². The van der Waals surface area contributed by atoms with Crippen LogP contribution in [-0.4, -0.2) is 28.9 Å². The Kier molecular flexibility index (Phi) is 5.37. The summed E-state index contributed by atoms with van der Waals surface area (Å²) in [6, 6.07) is 11.0. The van der Waals surface area contributed by atoms with Gasteiger partial charge in [0.05, 0.1) is 6.04 Å². The SMILES string of the molecule is O=C1NC2CCCCC2O/C1=C\c1ccc(C(=O)NCc2cccnc2)cc1. The van der Waals surface area contributed by atoms with Gasteiger partial charge in [0.15, 0.2) is 5.76 Å². The summed E-state index contributed by atoms with van der Waals surface area (Å²) in [5.41, 5.74) is 2.33. The number of carbonyl (C=O) groups is 2. The molecule has 1 aliphatic heterocycles. The molecule has 2 atom stereocenters. The largest absolute Gasteiger partial charge is 0.483 e. The molecule has 2 heterocycles. The highest BCUT2D eigenvalue weighted by Gasteiger charge is 2.34. The molecule has 1 aliphatic carbocycles. The number of amides is 2. The minimum Gasteiger partial charge on any atom is -0.483 e. The molecule has 0 spiro atoms. The van der Waals surface area contributed by atoms with E-state index >= 15 is 0 Å². The van der Waals surface area contributed by atoms with Crippen LogP contribution in [0.25, 0.3) is 6.08 Å². The zero-order chi connectivity index (χ0) is 19.3. The van der Waals surface area contributed by atoms with Gasteiger partial charge in [-0.15, -0.1) is 0 Å². The summed E-state index contributed by atoms with van der Waals surface area (Å²) in [4.78, 5) is 28.6. The van der Waals surface area contributed by atoms with E-state index < -0.39 is 0 Å². The van der Waals surface area contributed by atoms with Gasteiger partial charge in [-0.25, -0.2) is 0 Å². The molecule has 2 aliphatic rings. The lowest BCUT2D eigenvalue weighted by Crippen LogP contribution is -2.51. The third-order valence-electron chi connectivity index (χ3n) is 5.17. The minimum absolute atomic E-state index is 0.0650. The fourth-order valence-corrected chi connectivity index (χ4v) is 3.63. The molecule has 144 valence electrons. The lowest BCUT2D eigenvalue weighted by molar-refractivity contribution is -0.129. The molecule has 2 fully saturated rings.